The van der Waals surface area contributed by atoms with E-state index < -0.39 is 11.2 Å². The van der Waals surface area contributed by atoms with Gasteiger partial charge in [-0.25, -0.2) is 4.79 Å². The second-order valence-electron chi connectivity index (χ2n) is 8.26. The molecule has 0 fully saturated rings. The van der Waals surface area contributed by atoms with Crippen LogP contribution in [0.4, 0.5) is 11.5 Å². The number of methoxy groups -OCH3 is 2. The van der Waals surface area contributed by atoms with E-state index in [2.05, 4.69) is 4.98 Å². The van der Waals surface area contributed by atoms with Crippen LogP contribution < -0.4 is 26.6 Å². The molecule has 3 N–H and O–H groups in total. The highest BCUT2D eigenvalue weighted by Crippen LogP contribution is 2.27. The van der Waals surface area contributed by atoms with E-state index >= 15 is 0 Å². The number of nitrogen functional groups attached to an aromatic ring is 1. The molecule has 0 saturated heterocycles. The molecule has 0 aliphatic carbocycles. The van der Waals surface area contributed by atoms with Crippen molar-refractivity contribution in [3.05, 3.63) is 86.8 Å². The first-order chi connectivity index (χ1) is 17.4. The lowest BCUT2D eigenvalue weighted by Gasteiger charge is -2.24. The predicted octanol–water partition coefficient (Wildman–Crippen LogP) is 2.53. The zero-order valence-electron chi connectivity index (χ0n) is 20.2. The molecule has 0 spiro atoms. The van der Waals surface area contributed by atoms with Gasteiger partial charge in [0.2, 0.25) is 5.91 Å². The number of aromatic nitrogens is 2. The number of benzene rings is 2. The fourth-order valence-electron chi connectivity index (χ4n) is 4.08. The van der Waals surface area contributed by atoms with Crippen LogP contribution in [0.2, 0.25) is 0 Å². The Kier molecular flexibility index (Phi) is 7.55. The van der Waals surface area contributed by atoms with Crippen LogP contribution in [0.5, 0.6) is 5.75 Å². The van der Waals surface area contributed by atoms with Gasteiger partial charge in [-0.1, -0.05) is 30.3 Å². The maximum Gasteiger partial charge on any atom is 0.330 e. The minimum absolute atomic E-state index is 0.0387. The van der Waals surface area contributed by atoms with Crippen LogP contribution in [0.1, 0.15) is 17.5 Å². The molecule has 1 amide bonds. The summed E-state index contributed by atoms with van der Waals surface area (Å²) in [6.07, 6.45) is 1.94. The van der Waals surface area contributed by atoms with Crippen LogP contribution in [0.3, 0.4) is 0 Å². The van der Waals surface area contributed by atoms with E-state index in [4.69, 9.17) is 19.6 Å². The second kappa shape index (κ2) is 11.0. The van der Waals surface area contributed by atoms with Gasteiger partial charge < -0.3 is 24.5 Å². The normalized spacial score (nSPS) is 11.1. The Morgan fingerprint density at radius 2 is 1.92 bits per heavy atom. The van der Waals surface area contributed by atoms with Gasteiger partial charge in [-0.05, 0) is 24.1 Å². The lowest BCUT2D eigenvalue weighted by Crippen LogP contribution is -2.42. The molecule has 4 aromatic rings. The summed E-state index contributed by atoms with van der Waals surface area (Å²) < 4.78 is 17.2. The number of carbonyl (C=O) groups excluding carboxylic acids is 1. The fraction of sp³-hybridized carbons (Fsp3) is 0.269. The smallest absolute Gasteiger partial charge is 0.330 e. The summed E-state index contributed by atoms with van der Waals surface area (Å²) >= 11 is 0. The molecule has 0 radical (unpaired) electrons. The number of hydrogen-bond donors (Lipinski definition) is 2. The first-order valence-corrected chi connectivity index (χ1v) is 11.4. The van der Waals surface area contributed by atoms with Gasteiger partial charge in [-0.15, -0.1) is 0 Å². The number of nitrogens with one attached hydrogen (secondary N) is 1. The average Bonchev–Trinajstić information content (AvgIpc) is 3.27. The Hall–Kier alpha value is -4.31. The van der Waals surface area contributed by atoms with Crippen LogP contribution in [-0.2, 0) is 22.5 Å². The molecule has 0 aliphatic heterocycles. The number of carbonyl (C=O) groups is 1. The van der Waals surface area contributed by atoms with E-state index in [0.29, 0.717) is 29.9 Å². The van der Waals surface area contributed by atoms with Gasteiger partial charge in [0.1, 0.15) is 17.2 Å². The number of rotatable bonds is 10. The first-order valence-electron chi connectivity index (χ1n) is 11.4. The molecule has 36 heavy (non-hydrogen) atoms. The van der Waals surface area contributed by atoms with Crippen molar-refractivity contribution in [2.24, 2.45) is 0 Å². The molecule has 0 atom stereocenters. The Balaban J connectivity index is 1.71. The summed E-state index contributed by atoms with van der Waals surface area (Å²) in [5.74, 6) is 0.183. The van der Waals surface area contributed by atoms with Crippen LogP contribution in [0, 0.1) is 0 Å². The van der Waals surface area contributed by atoms with Crippen molar-refractivity contribution in [3.8, 4) is 5.75 Å². The van der Waals surface area contributed by atoms with Crippen LogP contribution >= 0.6 is 0 Å². The summed E-state index contributed by atoms with van der Waals surface area (Å²) in [4.78, 5) is 42.7. The second-order valence-corrected chi connectivity index (χ2v) is 8.26. The van der Waals surface area contributed by atoms with Crippen molar-refractivity contribution in [2.75, 3.05) is 38.0 Å². The topological polar surface area (TPSA) is 133 Å². The maximum absolute atomic E-state index is 13.6. The molecule has 10 nitrogen and oxygen atoms in total. The molecule has 2 heterocycles. The summed E-state index contributed by atoms with van der Waals surface area (Å²) in [5.41, 5.74) is 6.97. The van der Waals surface area contributed by atoms with E-state index in [-0.39, 0.29) is 36.9 Å². The molecular formula is C26H28N4O6. The summed E-state index contributed by atoms with van der Waals surface area (Å²) in [6.45, 7) is 0.691. The molecule has 10 heteroatoms. The average molecular weight is 493 g/mol. The quantitative estimate of drug-likeness (QED) is 0.325. The van der Waals surface area contributed by atoms with Gasteiger partial charge in [0.05, 0.1) is 26.3 Å². The number of anilines is 2. The lowest BCUT2D eigenvalue weighted by molar-refractivity contribution is -0.118. The van der Waals surface area contributed by atoms with E-state index in [1.807, 2.05) is 36.4 Å². The highest BCUT2D eigenvalue weighted by atomic mass is 16.5. The highest BCUT2D eigenvalue weighted by Gasteiger charge is 2.25. The largest absolute Gasteiger partial charge is 0.497 e. The fourth-order valence-corrected chi connectivity index (χ4v) is 4.08. The van der Waals surface area contributed by atoms with E-state index in [1.54, 1.807) is 26.4 Å². The molecule has 0 bridgehead atoms. The molecule has 2 aromatic carbocycles. The Labute approximate surface area is 206 Å². The molecule has 2 aromatic heterocycles. The number of nitrogens with zero attached hydrogens (tertiary/aromatic N) is 2. The Morgan fingerprint density at radius 1 is 1.14 bits per heavy atom. The maximum atomic E-state index is 13.6. The van der Waals surface area contributed by atoms with Gasteiger partial charge in [0.25, 0.3) is 5.56 Å². The monoisotopic (exact) mass is 492 g/mol. The SMILES string of the molecule is COCCCN(C(=O)Cc1coc2cc(OC)ccc12)c1c(N)n(Cc2ccccc2)c(=O)[nH]c1=O. The Morgan fingerprint density at radius 3 is 2.64 bits per heavy atom. The number of H-pyrrole nitrogens is 1. The third kappa shape index (κ3) is 5.18. The van der Waals surface area contributed by atoms with Crippen LogP contribution in [0.25, 0.3) is 11.0 Å². The number of nitrogens with two attached hydrogens (primary N) is 1. The molecular weight excluding hydrogens is 464 g/mol. The number of aromatic amines is 1. The minimum atomic E-state index is -0.727. The van der Waals surface area contributed by atoms with Gasteiger partial charge in [-0.2, -0.15) is 0 Å². The van der Waals surface area contributed by atoms with Crippen molar-refractivity contribution < 1.29 is 18.7 Å². The third-order valence-corrected chi connectivity index (χ3v) is 5.90. The lowest BCUT2D eigenvalue weighted by atomic mass is 10.1. The number of furan rings is 1. The first kappa shape index (κ1) is 24.8. The highest BCUT2D eigenvalue weighted by molar-refractivity contribution is 5.99. The van der Waals surface area contributed by atoms with Gasteiger partial charge in [0.15, 0.2) is 5.69 Å². The number of ether oxygens (including phenoxy) is 2. The van der Waals surface area contributed by atoms with E-state index in [9.17, 15) is 14.4 Å². The molecule has 188 valence electrons. The Bertz CT molecular complexity index is 1470. The van der Waals surface area contributed by atoms with Crippen molar-refractivity contribution in [1.29, 1.82) is 0 Å². The van der Waals surface area contributed by atoms with Gasteiger partial charge in [0, 0.05) is 37.3 Å². The van der Waals surface area contributed by atoms with Crippen molar-refractivity contribution in [1.82, 2.24) is 9.55 Å². The number of hydrogen-bond acceptors (Lipinski definition) is 7. The van der Waals surface area contributed by atoms with Crippen LogP contribution in [0.15, 0.2) is 68.8 Å². The molecule has 0 unspecified atom stereocenters. The van der Waals surface area contributed by atoms with Gasteiger partial charge in [-0.3, -0.25) is 19.1 Å². The van der Waals surface area contributed by atoms with Crippen LogP contribution in [-0.4, -0.2) is 42.8 Å². The van der Waals surface area contributed by atoms with Gasteiger partial charge >= 0.3 is 5.69 Å². The number of fused-ring (bicyclic) bond motifs is 1. The summed E-state index contributed by atoms with van der Waals surface area (Å²) in [5, 5.41) is 0.761. The van der Waals surface area contributed by atoms with Crippen molar-refractivity contribution >= 4 is 28.4 Å². The van der Waals surface area contributed by atoms with Crippen molar-refractivity contribution in [2.45, 2.75) is 19.4 Å². The summed E-state index contributed by atoms with van der Waals surface area (Å²) in [6, 6.07) is 14.6. The predicted molar refractivity (Wildman–Crippen MR) is 137 cm³/mol. The molecule has 4 rings (SSSR count). The molecule has 0 saturated carbocycles. The van der Waals surface area contributed by atoms with E-state index in [1.165, 1.54) is 15.7 Å². The zero-order chi connectivity index (χ0) is 25.7. The number of amides is 1. The molecule has 0 aliphatic rings. The standard InChI is InChI=1S/C26H28N4O6/c1-34-12-6-11-29(22(31)13-18-16-36-21-14-19(35-2)9-10-20(18)21)23-24(27)30(26(33)28-25(23)32)15-17-7-4-3-5-8-17/h3-5,7-10,14,16H,6,11-13,15,27H2,1-2H3,(H,28,32,33). The third-order valence-electron chi connectivity index (χ3n) is 5.90. The van der Waals surface area contributed by atoms with E-state index in [0.717, 1.165) is 10.9 Å². The minimum Gasteiger partial charge on any atom is -0.497 e. The summed E-state index contributed by atoms with van der Waals surface area (Å²) in [7, 11) is 3.12. The van der Waals surface area contributed by atoms with Crippen molar-refractivity contribution in [3.63, 3.8) is 0 Å². The zero-order valence-corrected chi connectivity index (χ0v) is 20.2.